The lowest BCUT2D eigenvalue weighted by atomic mass is 9.82. The van der Waals surface area contributed by atoms with Crippen LogP contribution in [0.5, 0.6) is 0 Å². The van der Waals surface area contributed by atoms with Crippen LogP contribution in [0.4, 0.5) is 5.69 Å². The number of nitrogens with one attached hydrogen (secondary N) is 1. The predicted molar refractivity (Wildman–Crippen MR) is 79.3 cm³/mol. The van der Waals surface area contributed by atoms with E-state index in [1.165, 1.54) is 25.7 Å². The highest BCUT2D eigenvalue weighted by molar-refractivity contribution is 6.31. The number of amides is 1. The van der Waals surface area contributed by atoms with E-state index in [2.05, 4.69) is 12.2 Å². The molecule has 1 aromatic rings. The Labute approximate surface area is 119 Å². The lowest BCUT2D eigenvalue weighted by Gasteiger charge is -2.26. The topological polar surface area (TPSA) is 55.1 Å². The zero-order chi connectivity index (χ0) is 13.8. The van der Waals surface area contributed by atoms with E-state index in [0.717, 1.165) is 12.5 Å². The molecule has 2 unspecified atom stereocenters. The van der Waals surface area contributed by atoms with Gasteiger partial charge in [0.05, 0.1) is 5.56 Å². The normalized spacial score (nSPS) is 23.1. The van der Waals surface area contributed by atoms with Gasteiger partial charge in [-0.1, -0.05) is 31.4 Å². The molecular formula is C15H21ClN2O. The van der Waals surface area contributed by atoms with Gasteiger partial charge in [0.1, 0.15) is 0 Å². The molecule has 2 atom stereocenters. The molecule has 0 radical (unpaired) electrons. The maximum Gasteiger partial charge on any atom is 0.253 e. The second-order valence-electron chi connectivity index (χ2n) is 5.58. The van der Waals surface area contributed by atoms with Crippen LogP contribution in [0.15, 0.2) is 18.2 Å². The molecule has 1 aliphatic carbocycles. The van der Waals surface area contributed by atoms with Crippen LogP contribution < -0.4 is 11.1 Å². The summed E-state index contributed by atoms with van der Waals surface area (Å²) in [6, 6.07) is 4.98. The molecule has 0 saturated heterocycles. The van der Waals surface area contributed by atoms with Crippen LogP contribution in [-0.2, 0) is 0 Å². The summed E-state index contributed by atoms with van der Waals surface area (Å²) in [5, 5.41) is 3.51. The van der Waals surface area contributed by atoms with Gasteiger partial charge in [-0.05, 0) is 42.9 Å². The lowest BCUT2D eigenvalue weighted by Crippen LogP contribution is -2.31. The van der Waals surface area contributed by atoms with E-state index in [0.29, 0.717) is 22.2 Å². The Balaban J connectivity index is 1.92. The van der Waals surface area contributed by atoms with Gasteiger partial charge in [0, 0.05) is 17.3 Å². The molecule has 1 amide bonds. The minimum absolute atomic E-state index is 0.127. The van der Waals surface area contributed by atoms with Gasteiger partial charge in [-0.2, -0.15) is 0 Å². The van der Waals surface area contributed by atoms with Crippen molar-refractivity contribution in [1.82, 2.24) is 5.32 Å². The number of nitrogens with two attached hydrogens (primary N) is 1. The highest BCUT2D eigenvalue weighted by Gasteiger charge is 2.20. The number of hydrogen-bond donors (Lipinski definition) is 2. The summed E-state index contributed by atoms with van der Waals surface area (Å²) in [6.07, 6.45) is 4.98. The molecule has 0 bridgehead atoms. The lowest BCUT2D eigenvalue weighted by molar-refractivity contribution is 0.0941. The van der Waals surface area contributed by atoms with E-state index in [-0.39, 0.29) is 5.91 Å². The molecule has 4 heteroatoms. The fourth-order valence-electron chi connectivity index (χ4n) is 2.80. The molecule has 19 heavy (non-hydrogen) atoms. The van der Waals surface area contributed by atoms with Crippen molar-refractivity contribution in [2.45, 2.75) is 32.6 Å². The summed E-state index contributed by atoms with van der Waals surface area (Å²) in [6.45, 7) is 3.01. The summed E-state index contributed by atoms with van der Waals surface area (Å²) >= 11 is 5.89. The van der Waals surface area contributed by atoms with Gasteiger partial charge in [-0.15, -0.1) is 0 Å². The Morgan fingerprint density at radius 1 is 1.47 bits per heavy atom. The van der Waals surface area contributed by atoms with Crippen LogP contribution in [-0.4, -0.2) is 12.5 Å². The number of rotatable bonds is 3. The van der Waals surface area contributed by atoms with E-state index < -0.39 is 0 Å². The predicted octanol–water partition coefficient (Wildman–Crippen LogP) is 3.48. The van der Waals surface area contributed by atoms with E-state index in [1.807, 2.05) is 0 Å². The molecule has 104 valence electrons. The number of carbonyl (C=O) groups is 1. The van der Waals surface area contributed by atoms with Crippen molar-refractivity contribution < 1.29 is 4.79 Å². The molecule has 1 aromatic carbocycles. The molecule has 0 spiro atoms. The van der Waals surface area contributed by atoms with Crippen LogP contribution >= 0.6 is 11.6 Å². The average molecular weight is 281 g/mol. The van der Waals surface area contributed by atoms with E-state index >= 15 is 0 Å². The third-order valence-corrected chi connectivity index (χ3v) is 4.09. The van der Waals surface area contributed by atoms with Crippen LogP contribution in [0.1, 0.15) is 43.0 Å². The third kappa shape index (κ3) is 3.87. The van der Waals surface area contributed by atoms with E-state index in [1.54, 1.807) is 18.2 Å². The second kappa shape index (κ2) is 6.29. The van der Waals surface area contributed by atoms with Crippen molar-refractivity contribution in [2.75, 3.05) is 12.3 Å². The Hall–Kier alpha value is -1.22. The summed E-state index contributed by atoms with van der Waals surface area (Å²) in [4.78, 5) is 12.1. The van der Waals surface area contributed by atoms with Crippen molar-refractivity contribution in [3.63, 3.8) is 0 Å². The molecule has 3 nitrogen and oxygen atoms in total. The van der Waals surface area contributed by atoms with Crippen molar-refractivity contribution >= 4 is 23.2 Å². The maximum atomic E-state index is 12.1. The largest absolute Gasteiger partial charge is 0.398 e. The van der Waals surface area contributed by atoms with Crippen LogP contribution in [0.2, 0.25) is 5.02 Å². The number of anilines is 1. The summed E-state index contributed by atoms with van der Waals surface area (Å²) < 4.78 is 0. The second-order valence-corrected chi connectivity index (χ2v) is 6.02. The monoisotopic (exact) mass is 280 g/mol. The Morgan fingerprint density at radius 3 is 3.00 bits per heavy atom. The highest BCUT2D eigenvalue weighted by atomic mass is 35.5. The van der Waals surface area contributed by atoms with Gasteiger partial charge < -0.3 is 11.1 Å². The molecule has 0 aliphatic heterocycles. The number of hydrogen-bond acceptors (Lipinski definition) is 2. The van der Waals surface area contributed by atoms with Gasteiger partial charge >= 0.3 is 0 Å². The number of benzene rings is 1. The summed E-state index contributed by atoms with van der Waals surface area (Å²) in [5.41, 5.74) is 6.74. The Morgan fingerprint density at radius 2 is 2.26 bits per heavy atom. The van der Waals surface area contributed by atoms with Gasteiger partial charge in [0.25, 0.3) is 5.91 Å². The minimum atomic E-state index is -0.127. The quantitative estimate of drug-likeness (QED) is 0.833. The number of carbonyl (C=O) groups excluding carboxylic acids is 1. The smallest absolute Gasteiger partial charge is 0.253 e. The van der Waals surface area contributed by atoms with Gasteiger partial charge in [-0.25, -0.2) is 0 Å². The van der Waals surface area contributed by atoms with Crippen molar-refractivity contribution in [2.24, 2.45) is 11.8 Å². The molecule has 1 fully saturated rings. The molecule has 0 heterocycles. The van der Waals surface area contributed by atoms with Crippen molar-refractivity contribution in [3.05, 3.63) is 28.8 Å². The van der Waals surface area contributed by atoms with E-state index in [9.17, 15) is 4.79 Å². The van der Waals surface area contributed by atoms with Crippen molar-refractivity contribution in [1.29, 1.82) is 0 Å². The van der Waals surface area contributed by atoms with Gasteiger partial charge in [0.15, 0.2) is 0 Å². The molecule has 3 N–H and O–H groups in total. The van der Waals surface area contributed by atoms with Crippen LogP contribution in [0.3, 0.4) is 0 Å². The first kappa shape index (κ1) is 14.2. The zero-order valence-electron chi connectivity index (χ0n) is 11.3. The first-order valence-corrected chi connectivity index (χ1v) is 7.27. The molecular weight excluding hydrogens is 260 g/mol. The molecule has 0 aromatic heterocycles. The highest BCUT2D eigenvalue weighted by Crippen LogP contribution is 2.28. The molecule has 1 saturated carbocycles. The fourth-order valence-corrected chi connectivity index (χ4v) is 2.97. The minimum Gasteiger partial charge on any atom is -0.398 e. The SMILES string of the molecule is CC1CCCC(CNC(=O)c2cc(Cl)ccc2N)C1. The maximum absolute atomic E-state index is 12.1. The average Bonchev–Trinajstić information content (AvgIpc) is 2.39. The van der Waals surface area contributed by atoms with Crippen LogP contribution in [0.25, 0.3) is 0 Å². The Kier molecular flexibility index (Phi) is 4.70. The zero-order valence-corrected chi connectivity index (χ0v) is 12.0. The molecule has 2 rings (SSSR count). The van der Waals surface area contributed by atoms with Gasteiger partial charge in [-0.3, -0.25) is 4.79 Å². The first-order chi connectivity index (χ1) is 9.06. The fraction of sp³-hybridized carbons (Fsp3) is 0.533. The molecule has 1 aliphatic rings. The standard InChI is InChI=1S/C15H21ClN2O/c1-10-3-2-4-11(7-10)9-18-15(19)13-8-12(16)5-6-14(13)17/h5-6,8,10-11H,2-4,7,9,17H2,1H3,(H,18,19). The van der Waals surface area contributed by atoms with Gasteiger partial charge in [0.2, 0.25) is 0 Å². The number of nitrogen functional groups attached to an aromatic ring is 1. The number of halogens is 1. The summed E-state index contributed by atoms with van der Waals surface area (Å²) in [7, 11) is 0. The Bertz CT molecular complexity index is 461. The summed E-state index contributed by atoms with van der Waals surface area (Å²) in [5.74, 6) is 1.23. The van der Waals surface area contributed by atoms with Crippen molar-refractivity contribution in [3.8, 4) is 0 Å². The third-order valence-electron chi connectivity index (χ3n) is 3.86. The first-order valence-electron chi connectivity index (χ1n) is 6.89. The van der Waals surface area contributed by atoms with Crippen LogP contribution in [0, 0.1) is 11.8 Å². The van der Waals surface area contributed by atoms with E-state index in [4.69, 9.17) is 17.3 Å².